The molecule has 1 aliphatic rings. The van der Waals surface area contributed by atoms with E-state index in [9.17, 15) is 4.79 Å². The molecule has 1 unspecified atom stereocenters. The zero-order chi connectivity index (χ0) is 26.6. The van der Waals surface area contributed by atoms with Crippen LogP contribution in [0.1, 0.15) is 49.6 Å². The van der Waals surface area contributed by atoms with Gasteiger partial charge < -0.3 is 14.4 Å². The number of carbonyl (C=O) groups is 1. The highest BCUT2D eigenvalue weighted by Gasteiger charge is 2.35. The van der Waals surface area contributed by atoms with Gasteiger partial charge in [-0.15, -0.1) is 0 Å². The lowest BCUT2D eigenvalue weighted by atomic mass is 9.89. The van der Waals surface area contributed by atoms with Crippen molar-refractivity contribution < 1.29 is 14.3 Å². The van der Waals surface area contributed by atoms with Crippen molar-refractivity contribution in [3.05, 3.63) is 89.1 Å². The third-order valence-electron chi connectivity index (χ3n) is 6.53. The number of nitrogens with zero attached hydrogens (tertiary/aromatic N) is 3. The topological polar surface area (TPSA) is 51.7 Å². The quantitative estimate of drug-likeness (QED) is 0.364. The van der Waals surface area contributed by atoms with Crippen molar-refractivity contribution in [2.24, 2.45) is 0 Å². The highest BCUT2D eigenvalue weighted by molar-refractivity contribution is 5.69. The van der Waals surface area contributed by atoms with Gasteiger partial charge in [0.1, 0.15) is 17.9 Å². The molecule has 0 saturated heterocycles. The highest BCUT2D eigenvalue weighted by atomic mass is 16.6. The van der Waals surface area contributed by atoms with E-state index in [1.807, 2.05) is 62.1 Å². The van der Waals surface area contributed by atoms with E-state index in [-0.39, 0.29) is 12.1 Å². The van der Waals surface area contributed by atoms with Crippen LogP contribution in [0.3, 0.4) is 0 Å². The fraction of sp³-hybridized carbons (Fsp3) is 0.419. The Morgan fingerprint density at radius 1 is 1.00 bits per heavy atom. The number of hydrogen-bond donors (Lipinski definition) is 0. The number of amides is 1. The van der Waals surface area contributed by atoms with E-state index in [2.05, 4.69) is 51.5 Å². The summed E-state index contributed by atoms with van der Waals surface area (Å²) in [6.45, 7) is 6.74. The number of pyridine rings is 1. The van der Waals surface area contributed by atoms with Crippen LogP contribution in [0.4, 0.5) is 10.5 Å². The fourth-order valence-corrected chi connectivity index (χ4v) is 4.77. The van der Waals surface area contributed by atoms with E-state index in [0.29, 0.717) is 23.5 Å². The Kier molecular flexibility index (Phi) is 7.88. The number of hydrogen-bond acceptors (Lipinski definition) is 4. The van der Waals surface area contributed by atoms with Crippen LogP contribution in [-0.4, -0.2) is 48.8 Å². The third kappa shape index (κ3) is 7.10. The molecule has 1 aromatic heterocycles. The van der Waals surface area contributed by atoms with Gasteiger partial charge in [0.15, 0.2) is 0 Å². The van der Waals surface area contributed by atoms with Crippen molar-refractivity contribution in [3.8, 4) is 5.88 Å². The van der Waals surface area contributed by atoms with Gasteiger partial charge in [-0.1, -0.05) is 60.7 Å². The van der Waals surface area contributed by atoms with Crippen molar-refractivity contribution >= 4 is 11.8 Å². The molecule has 196 valence electrons. The van der Waals surface area contributed by atoms with Crippen molar-refractivity contribution in [1.29, 1.82) is 0 Å². The van der Waals surface area contributed by atoms with Crippen LogP contribution < -0.4 is 9.22 Å². The molecule has 0 fully saturated rings. The van der Waals surface area contributed by atoms with Gasteiger partial charge in [0, 0.05) is 24.6 Å². The average molecular weight is 503 g/mol. The Hall–Kier alpha value is -3.38. The SMILES string of the molecule is CC(C)(C)OC(=O)N(Cc1ccccc1)C1CCc2nc(OCc3ccccc3)cc([N+](C)(C)C)c2C1. The van der Waals surface area contributed by atoms with E-state index in [0.717, 1.165) is 36.1 Å². The van der Waals surface area contributed by atoms with Gasteiger partial charge in [-0.2, -0.15) is 0 Å². The summed E-state index contributed by atoms with van der Waals surface area (Å²) < 4.78 is 12.6. The highest BCUT2D eigenvalue weighted by Crippen LogP contribution is 2.36. The first-order chi connectivity index (χ1) is 17.5. The predicted molar refractivity (Wildman–Crippen MR) is 149 cm³/mol. The second-order valence-electron chi connectivity index (χ2n) is 11.7. The summed E-state index contributed by atoms with van der Waals surface area (Å²) in [5, 5.41) is 0. The first kappa shape index (κ1) is 26.7. The van der Waals surface area contributed by atoms with Crippen LogP contribution in [0.2, 0.25) is 0 Å². The molecule has 0 bridgehead atoms. The number of aromatic nitrogens is 1. The third-order valence-corrected chi connectivity index (χ3v) is 6.53. The fourth-order valence-electron chi connectivity index (χ4n) is 4.77. The van der Waals surface area contributed by atoms with Gasteiger partial charge >= 0.3 is 6.09 Å². The van der Waals surface area contributed by atoms with Crippen LogP contribution in [-0.2, 0) is 30.7 Å². The maximum absolute atomic E-state index is 13.4. The number of quaternary nitrogens is 1. The van der Waals surface area contributed by atoms with Crippen molar-refractivity contribution in [2.45, 2.75) is 64.8 Å². The summed E-state index contributed by atoms with van der Waals surface area (Å²) in [5.74, 6) is 0.650. The first-order valence-electron chi connectivity index (χ1n) is 13.0. The van der Waals surface area contributed by atoms with Crippen molar-refractivity contribution in [1.82, 2.24) is 14.4 Å². The van der Waals surface area contributed by atoms with Crippen LogP contribution in [0.5, 0.6) is 5.88 Å². The Morgan fingerprint density at radius 3 is 2.22 bits per heavy atom. The molecule has 0 saturated carbocycles. The number of rotatable bonds is 7. The summed E-state index contributed by atoms with van der Waals surface area (Å²) in [6, 6.07) is 22.4. The number of fused-ring (bicyclic) bond motifs is 1. The molecule has 37 heavy (non-hydrogen) atoms. The summed E-state index contributed by atoms with van der Waals surface area (Å²) in [5.41, 5.74) is 5.09. The standard InChI is InChI=1S/C31H40N3O3/c1-31(2,3)37-30(35)33(21-23-13-9-7-10-14-23)25-17-18-27-26(19-25)28(34(4,5)6)20-29(32-27)36-22-24-15-11-8-12-16-24/h7-16,20,25H,17-19,21-22H2,1-6H3/q+1. The molecule has 0 radical (unpaired) electrons. The number of carbonyl (C=O) groups excluding carboxylic acids is 1. The number of aryl methyl sites for hydroxylation is 1. The van der Waals surface area contributed by atoms with E-state index >= 15 is 0 Å². The van der Waals surface area contributed by atoms with Crippen LogP contribution in [0, 0.1) is 0 Å². The molecular weight excluding hydrogens is 462 g/mol. The van der Waals surface area contributed by atoms with E-state index < -0.39 is 5.60 Å². The van der Waals surface area contributed by atoms with Gasteiger partial charge in [-0.3, -0.25) is 4.48 Å². The van der Waals surface area contributed by atoms with Gasteiger partial charge in [0.05, 0.1) is 32.9 Å². The van der Waals surface area contributed by atoms with Crippen LogP contribution in [0.15, 0.2) is 66.7 Å². The molecule has 0 N–H and O–H groups in total. The molecule has 0 spiro atoms. The Labute approximate surface area is 221 Å². The van der Waals surface area contributed by atoms with Gasteiger partial charge in [-0.25, -0.2) is 9.78 Å². The second kappa shape index (κ2) is 10.9. The van der Waals surface area contributed by atoms with E-state index in [1.54, 1.807) is 0 Å². The first-order valence-corrected chi connectivity index (χ1v) is 13.0. The summed E-state index contributed by atoms with van der Waals surface area (Å²) in [4.78, 5) is 20.2. The molecule has 0 aliphatic heterocycles. The van der Waals surface area contributed by atoms with Gasteiger partial charge in [0.2, 0.25) is 5.88 Å². The predicted octanol–water partition coefficient (Wildman–Crippen LogP) is 6.15. The Morgan fingerprint density at radius 2 is 1.62 bits per heavy atom. The normalized spacial score (nSPS) is 15.6. The molecular formula is C31H40N3O3+. The monoisotopic (exact) mass is 502 g/mol. The molecule has 3 aromatic rings. The van der Waals surface area contributed by atoms with E-state index in [1.165, 1.54) is 11.3 Å². The Balaban J connectivity index is 1.62. The summed E-state index contributed by atoms with van der Waals surface area (Å²) in [7, 11) is 6.49. The zero-order valence-electron chi connectivity index (χ0n) is 23.0. The van der Waals surface area contributed by atoms with Crippen molar-refractivity contribution in [2.75, 3.05) is 21.1 Å². The van der Waals surface area contributed by atoms with Gasteiger partial charge in [0.25, 0.3) is 0 Å². The molecule has 6 nitrogen and oxygen atoms in total. The average Bonchev–Trinajstić information content (AvgIpc) is 2.85. The van der Waals surface area contributed by atoms with E-state index in [4.69, 9.17) is 14.5 Å². The molecule has 2 aromatic carbocycles. The largest absolute Gasteiger partial charge is 0.473 e. The number of benzene rings is 2. The molecule has 1 aliphatic carbocycles. The summed E-state index contributed by atoms with van der Waals surface area (Å²) >= 11 is 0. The minimum Gasteiger partial charge on any atom is -0.473 e. The zero-order valence-corrected chi connectivity index (χ0v) is 23.0. The molecule has 1 atom stereocenters. The minimum absolute atomic E-state index is 0.0192. The van der Waals surface area contributed by atoms with Crippen LogP contribution >= 0.6 is 0 Å². The molecule has 4 rings (SSSR count). The Bertz CT molecular complexity index is 1200. The number of ether oxygens (including phenoxy) is 2. The van der Waals surface area contributed by atoms with Gasteiger partial charge in [-0.05, 0) is 44.7 Å². The lowest BCUT2D eigenvalue weighted by molar-refractivity contribution is 0.0123. The summed E-state index contributed by atoms with van der Waals surface area (Å²) in [6.07, 6.45) is 2.07. The minimum atomic E-state index is -0.557. The van der Waals surface area contributed by atoms with Crippen molar-refractivity contribution in [3.63, 3.8) is 0 Å². The molecule has 6 heteroatoms. The maximum Gasteiger partial charge on any atom is 0.410 e. The van der Waals surface area contributed by atoms with Crippen LogP contribution in [0.25, 0.3) is 0 Å². The lowest BCUT2D eigenvalue weighted by Gasteiger charge is -2.37. The second-order valence-corrected chi connectivity index (χ2v) is 11.7. The molecule has 1 amide bonds. The molecule has 1 heterocycles. The maximum atomic E-state index is 13.4. The lowest BCUT2D eigenvalue weighted by Crippen LogP contribution is -2.46. The smallest absolute Gasteiger partial charge is 0.410 e.